The molecule has 0 fully saturated rings. The van der Waals surface area contributed by atoms with Crippen LogP contribution in [0.1, 0.15) is 143 Å². The van der Waals surface area contributed by atoms with E-state index in [-0.39, 0.29) is 72.4 Å². The van der Waals surface area contributed by atoms with Crippen LogP contribution in [-0.4, -0.2) is 69.0 Å². The normalized spacial score (nSPS) is 11.1. The van der Waals surface area contributed by atoms with E-state index in [0.717, 1.165) is 115 Å². The number of aromatic nitrogens is 3. The highest BCUT2D eigenvalue weighted by Crippen LogP contribution is 2.35. The van der Waals surface area contributed by atoms with Crippen LogP contribution < -0.4 is 53.2 Å². The molecule has 10 amide bonds. The summed E-state index contributed by atoms with van der Waals surface area (Å²) in [5.41, 5.74) is 15.8. The quantitative estimate of drug-likeness (QED) is 0.0173. The summed E-state index contributed by atoms with van der Waals surface area (Å²) in [4.78, 5) is 114. The Morgan fingerprint density at radius 2 is 0.691 bits per heavy atom. The number of halogens is 5. The lowest BCUT2D eigenvalue weighted by atomic mass is 9.94. The summed E-state index contributed by atoms with van der Waals surface area (Å²) >= 11 is 0. The number of carbonyl (C=O) groups is 8. The first-order chi connectivity index (χ1) is 67.5. The number of nitrogens with one attached hydrogen (secondary N) is 10. The van der Waals surface area contributed by atoms with Crippen LogP contribution in [-0.2, 0) is 68.0 Å². The molecule has 10 N–H and O–H groups in total. The van der Waals surface area contributed by atoms with Gasteiger partial charge in [0.2, 0.25) is 11.8 Å². The third kappa shape index (κ3) is 31.1. The SMILES string of the molecule is CCC(C)CC(=O)NCc1ccccc1-c1ccccc1C(=O)NCc1ccccn1.C[C@H](CC(=O)NCc1ccccc1-c1ccccc1C(=O)NCc1ccccc1)c1ccccc1.O=C(NCc1ccccc1-c1ccccc1C(=O)NCCc1ccccn1)Nc1cccc(C(F)(F)F)c1.O=C(NCc1ccccc1-c1ccccc1C(=O)NCc1ccccn1)Nc1ccc(F)cc1F. The fourth-order valence-electron chi connectivity index (χ4n) is 15.0. The first kappa shape index (κ1) is 101. The minimum Gasteiger partial charge on any atom is -0.352 e. The van der Waals surface area contributed by atoms with Gasteiger partial charge in [0.25, 0.3) is 23.6 Å². The number of hydrogen-bond acceptors (Lipinski definition) is 11. The third-order valence-electron chi connectivity index (χ3n) is 22.5. The van der Waals surface area contributed by atoms with Gasteiger partial charge in [-0.15, -0.1) is 0 Å². The Labute approximate surface area is 804 Å². The Kier molecular flexibility index (Phi) is 37.9. The molecular weight excluding hydrogens is 1760 g/mol. The standard InChI is InChI=1S/C31H30N2O2.C29H25F3N4O2.C27H22F2N4O2.C26H29N3O2/c1-23(25-14-6-3-7-15-25)20-30(34)32-22-26-16-8-9-17-27(26)28-18-10-11-19-29(28)31(35)33-21-24-12-4-2-5-13-24;30-29(31,32)21-9-7-11-23(18-21)36-28(38)35-19-20-8-1-2-12-24(20)25-13-3-4-14-26(25)27(37)34-17-15-22-10-5-6-16-33-22;28-19-12-13-25(24(29)15-19)33-27(35)32-16-18-7-1-2-9-21(18)22-10-3-4-11-23(22)26(34)31-17-20-8-5-6-14-30-20;1-3-19(2)16-25(30)28-17-20-10-4-5-12-22(20)23-13-6-7-14-24(23)26(31)29-18-21-11-8-9-15-27-21/h2-19,23H,20-22H2,1H3,(H,32,34)(H,33,35);1-14,16,18H,15,17,19H2,(H,34,37)(H2,35,36,38);1-15H,16-17H2,(H,31,34)(H2,32,33,35);4-15,19H,3,16-18H2,1-2H3,(H,28,30)(H,29,31)/t23-;;;/m1.../s1. The summed E-state index contributed by atoms with van der Waals surface area (Å²) < 4.78 is 65.8. The van der Waals surface area contributed by atoms with Crippen LogP contribution >= 0.6 is 0 Å². The highest BCUT2D eigenvalue weighted by atomic mass is 19.4. The summed E-state index contributed by atoms with van der Waals surface area (Å²) in [5.74, 6) is -1.82. The van der Waals surface area contributed by atoms with Crippen molar-refractivity contribution in [2.45, 2.75) is 104 Å². The van der Waals surface area contributed by atoms with Gasteiger partial charge >= 0.3 is 18.2 Å². The molecule has 2 atom stereocenters. The van der Waals surface area contributed by atoms with Crippen molar-refractivity contribution < 1.29 is 60.3 Å². The number of alkyl halides is 3. The molecule has 0 aliphatic heterocycles. The third-order valence-corrected chi connectivity index (χ3v) is 22.5. The van der Waals surface area contributed by atoms with Gasteiger partial charge in [0.05, 0.1) is 35.7 Å². The van der Waals surface area contributed by atoms with Gasteiger partial charge in [0.1, 0.15) is 11.6 Å². The van der Waals surface area contributed by atoms with E-state index < -0.39 is 35.4 Å². The maximum atomic E-state index is 13.8. The van der Waals surface area contributed by atoms with Crippen LogP contribution in [0, 0.1) is 17.6 Å². The molecule has 3 heterocycles. The van der Waals surface area contributed by atoms with Crippen molar-refractivity contribution in [2.75, 3.05) is 17.2 Å². The van der Waals surface area contributed by atoms with Crippen molar-refractivity contribution >= 4 is 58.9 Å². The Bertz CT molecular complexity index is 6630. The predicted octanol–water partition coefficient (Wildman–Crippen LogP) is 22.2. The van der Waals surface area contributed by atoms with Crippen LogP contribution in [0.15, 0.2) is 370 Å². The molecule has 139 heavy (non-hydrogen) atoms. The molecule has 0 bridgehead atoms. The summed E-state index contributed by atoms with van der Waals surface area (Å²) in [6.07, 6.45) is 3.08. The molecule has 0 saturated carbocycles. The highest BCUT2D eigenvalue weighted by Gasteiger charge is 2.31. The van der Waals surface area contributed by atoms with E-state index in [1.165, 1.54) is 12.1 Å². The molecule has 15 rings (SSSR count). The second kappa shape index (κ2) is 52.1. The van der Waals surface area contributed by atoms with Crippen LogP contribution in [0.25, 0.3) is 44.5 Å². The summed E-state index contributed by atoms with van der Waals surface area (Å²) in [7, 11) is 0. The summed E-state index contributed by atoms with van der Waals surface area (Å²) in [6.45, 7) is 8.80. The largest absolute Gasteiger partial charge is 0.416 e. The summed E-state index contributed by atoms with van der Waals surface area (Å²) in [6, 6.07) is 103. The molecule has 706 valence electrons. The van der Waals surface area contributed by atoms with E-state index in [2.05, 4.69) is 88.9 Å². The van der Waals surface area contributed by atoms with Gasteiger partial charge < -0.3 is 53.2 Å². The number of urea groups is 2. The van der Waals surface area contributed by atoms with E-state index >= 15 is 0 Å². The van der Waals surface area contributed by atoms with E-state index in [1.807, 2.05) is 279 Å². The van der Waals surface area contributed by atoms with Gasteiger partial charge in [-0.2, -0.15) is 13.2 Å². The zero-order valence-corrected chi connectivity index (χ0v) is 76.9. The Balaban J connectivity index is 0.000000166. The van der Waals surface area contributed by atoms with Crippen LogP contribution in [0.4, 0.5) is 42.9 Å². The van der Waals surface area contributed by atoms with Crippen LogP contribution in [0.2, 0.25) is 0 Å². The fraction of sp³-hybridized carbons (Fsp3) is 0.159. The summed E-state index contributed by atoms with van der Waals surface area (Å²) in [5, 5.41) is 28.0. The zero-order chi connectivity index (χ0) is 98.1. The van der Waals surface area contributed by atoms with Gasteiger partial charge in [0, 0.05) is 117 Å². The van der Waals surface area contributed by atoms with E-state index in [4.69, 9.17) is 0 Å². The zero-order valence-electron chi connectivity index (χ0n) is 76.9. The van der Waals surface area contributed by atoms with E-state index in [0.29, 0.717) is 97.4 Å². The van der Waals surface area contributed by atoms with Crippen molar-refractivity contribution in [3.63, 3.8) is 0 Å². The van der Waals surface area contributed by atoms with E-state index in [9.17, 15) is 60.3 Å². The van der Waals surface area contributed by atoms with Crippen molar-refractivity contribution in [1.29, 1.82) is 0 Å². The second-order valence-corrected chi connectivity index (χ2v) is 32.4. The predicted molar refractivity (Wildman–Crippen MR) is 533 cm³/mol. The Morgan fingerprint density at radius 1 is 0.324 bits per heavy atom. The van der Waals surface area contributed by atoms with E-state index in [1.54, 1.807) is 48.9 Å². The van der Waals surface area contributed by atoms with Gasteiger partial charge in [0.15, 0.2) is 0 Å². The minimum absolute atomic E-state index is 0.00467. The van der Waals surface area contributed by atoms with Crippen LogP contribution in [0.3, 0.4) is 0 Å². The molecule has 0 spiro atoms. The lowest BCUT2D eigenvalue weighted by Crippen LogP contribution is -2.29. The molecule has 1 unspecified atom stereocenters. The van der Waals surface area contributed by atoms with Crippen molar-refractivity contribution in [1.82, 2.24) is 57.5 Å². The number of carbonyl (C=O) groups excluding carboxylic acids is 8. The highest BCUT2D eigenvalue weighted by molar-refractivity contribution is 6.04. The number of benzene rings is 12. The molecule has 26 heteroatoms. The Morgan fingerprint density at radius 3 is 1.11 bits per heavy atom. The van der Waals surface area contributed by atoms with Crippen LogP contribution in [0.5, 0.6) is 0 Å². The number of nitrogens with zero attached hydrogens (tertiary/aromatic N) is 3. The van der Waals surface area contributed by atoms with Gasteiger partial charge in [-0.05, 0) is 181 Å². The first-order valence-electron chi connectivity index (χ1n) is 45.4. The molecule has 0 aliphatic carbocycles. The number of pyridine rings is 3. The number of rotatable bonds is 33. The topological polar surface area (TPSA) is 296 Å². The average molecular weight is 1870 g/mol. The maximum absolute atomic E-state index is 13.8. The lowest BCUT2D eigenvalue weighted by Gasteiger charge is -2.16. The Hall–Kier alpha value is -16.9. The van der Waals surface area contributed by atoms with Crippen molar-refractivity contribution in [3.05, 3.63) is 460 Å². The molecule has 12 aromatic carbocycles. The minimum atomic E-state index is -4.51. The molecule has 3 aromatic heterocycles. The molecule has 15 aromatic rings. The molecule has 0 saturated heterocycles. The van der Waals surface area contributed by atoms with Gasteiger partial charge in [-0.25, -0.2) is 18.4 Å². The smallest absolute Gasteiger partial charge is 0.352 e. The lowest BCUT2D eigenvalue weighted by molar-refractivity contribution is -0.137. The number of anilines is 2. The molecule has 0 radical (unpaired) electrons. The first-order valence-corrected chi connectivity index (χ1v) is 45.4. The molecule has 21 nitrogen and oxygen atoms in total. The van der Waals surface area contributed by atoms with Gasteiger partial charge in [-0.1, -0.05) is 282 Å². The van der Waals surface area contributed by atoms with Gasteiger partial charge in [-0.3, -0.25) is 43.7 Å². The second-order valence-electron chi connectivity index (χ2n) is 32.4. The number of amides is 10. The molecular formula is C113H106F5N13O8. The fourth-order valence-corrected chi connectivity index (χ4v) is 15.0. The maximum Gasteiger partial charge on any atom is 0.416 e. The average Bonchev–Trinajstić information content (AvgIpc) is 0.821. The van der Waals surface area contributed by atoms with Crippen molar-refractivity contribution in [2.24, 2.45) is 5.92 Å². The number of hydrogen-bond donors (Lipinski definition) is 10. The monoisotopic (exact) mass is 1870 g/mol. The molecule has 0 aliphatic rings. The van der Waals surface area contributed by atoms with Crippen molar-refractivity contribution in [3.8, 4) is 44.5 Å².